The minimum atomic E-state index is 0.302. The fraction of sp³-hybridized carbons (Fsp3) is 0.333. The molecular formula is C18H18ClNO3. The Hall–Kier alpha value is -1.91. The molecule has 0 aliphatic carbocycles. The van der Waals surface area contributed by atoms with E-state index in [-0.39, 0.29) is 0 Å². The van der Waals surface area contributed by atoms with Crippen molar-refractivity contribution in [1.29, 1.82) is 0 Å². The largest absolute Gasteiger partial charge is 0.478 e. The molecule has 2 aromatic rings. The number of nitrogens with zero attached hydrogens (tertiary/aromatic N) is 1. The molecule has 0 unspecified atom stereocenters. The lowest BCUT2D eigenvalue weighted by molar-refractivity contribution is 0.0882. The summed E-state index contributed by atoms with van der Waals surface area (Å²) in [7, 11) is 0. The van der Waals surface area contributed by atoms with E-state index in [4.69, 9.17) is 25.8 Å². The van der Waals surface area contributed by atoms with Gasteiger partial charge in [-0.05, 0) is 48.7 Å². The van der Waals surface area contributed by atoms with Crippen LogP contribution >= 0.6 is 11.6 Å². The van der Waals surface area contributed by atoms with Crippen molar-refractivity contribution in [2.45, 2.75) is 26.9 Å². The first-order valence-corrected chi connectivity index (χ1v) is 8.02. The van der Waals surface area contributed by atoms with E-state index in [1.807, 2.05) is 25.1 Å². The predicted molar refractivity (Wildman–Crippen MR) is 88.2 cm³/mol. The van der Waals surface area contributed by atoms with Gasteiger partial charge in [-0.1, -0.05) is 17.7 Å². The topological polar surface area (TPSA) is 30.9 Å². The van der Waals surface area contributed by atoms with Gasteiger partial charge in [0, 0.05) is 23.7 Å². The van der Waals surface area contributed by atoms with Crippen LogP contribution in [0.15, 0.2) is 24.3 Å². The molecule has 2 aliphatic rings. The number of hydrogen-bond donors (Lipinski definition) is 0. The van der Waals surface area contributed by atoms with Gasteiger partial charge in [-0.3, -0.25) is 4.90 Å². The number of hydrogen-bond acceptors (Lipinski definition) is 4. The number of rotatable bonds is 2. The Morgan fingerprint density at radius 3 is 2.74 bits per heavy atom. The van der Waals surface area contributed by atoms with Crippen LogP contribution in [0.5, 0.6) is 17.2 Å². The summed E-state index contributed by atoms with van der Waals surface area (Å²) >= 11 is 6.38. The van der Waals surface area contributed by atoms with Crippen LogP contribution in [-0.4, -0.2) is 18.4 Å². The van der Waals surface area contributed by atoms with Gasteiger partial charge >= 0.3 is 0 Å². The second-order valence-corrected chi connectivity index (χ2v) is 6.44. The molecule has 0 atom stereocenters. The molecule has 0 N–H and O–H groups in total. The van der Waals surface area contributed by atoms with E-state index in [0.29, 0.717) is 13.5 Å². The fourth-order valence-electron chi connectivity index (χ4n) is 3.11. The minimum absolute atomic E-state index is 0.302. The van der Waals surface area contributed by atoms with Crippen molar-refractivity contribution in [3.8, 4) is 17.2 Å². The van der Waals surface area contributed by atoms with Crippen LogP contribution in [-0.2, 0) is 13.1 Å². The molecule has 0 radical (unpaired) electrons. The molecule has 2 aliphatic heterocycles. The van der Waals surface area contributed by atoms with Gasteiger partial charge in [-0.15, -0.1) is 0 Å². The Morgan fingerprint density at radius 1 is 1.04 bits per heavy atom. The smallest absolute Gasteiger partial charge is 0.231 e. The third-order valence-electron chi connectivity index (χ3n) is 4.40. The first kappa shape index (κ1) is 14.7. The lowest BCUT2D eigenvalue weighted by Crippen LogP contribution is -2.32. The molecule has 0 spiro atoms. The van der Waals surface area contributed by atoms with Crippen molar-refractivity contribution in [3.63, 3.8) is 0 Å². The molecule has 0 bridgehead atoms. The molecule has 0 saturated carbocycles. The van der Waals surface area contributed by atoms with E-state index in [2.05, 4.69) is 17.9 Å². The number of halogens is 1. The molecule has 0 fully saturated rings. The van der Waals surface area contributed by atoms with Gasteiger partial charge in [0.2, 0.25) is 6.79 Å². The fourth-order valence-corrected chi connectivity index (χ4v) is 3.28. The quantitative estimate of drug-likeness (QED) is 0.831. The van der Waals surface area contributed by atoms with Gasteiger partial charge in [0.25, 0.3) is 0 Å². The first-order chi connectivity index (χ1) is 11.1. The summed E-state index contributed by atoms with van der Waals surface area (Å²) in [6.07, 6.45) is 0. The van der Waals surface area contributed by atoms with Gasteiger partial charge in [0.15, 0.2) is 11.5 Å². The van der Waals surface area contributed by atoms with Crippen LogP contribution < -0.4 is 14.2 Å². The maximum atomic E-state index is 6.38. The Morgan fingerprint density at radius 2 is 1.87 bits per heavy atom. The van der Waals surface area contributed by atoms with E-state index < -0.39 is 0 Å². The number of aryl methyl sites for hydroxylation is 1. The summed E-state index contributed by atoms with van der Waals surface area (Å²) in [4.78, 5) is 2.25. The third kappa shape index (κ3) is 2.62. The van der Waals surface area contributed by atoms with Crippen molar-refractivity contribution >= 4 is 11.6 Å². The van der Waals surface area contributed by atoms with Gasteiger partial charge in [-0.2, -0.15) is 0 Å². The maximum absolute atomic E-state index is 6.38. The second kappa shape index (κ2) is 5.62. The summed E-state index contributed by atoms with van der Waals surface area (Å²) < 4.78 is 16.7. The van der Waals surface area contributed by atoms with Crippen LogP contribution in [0, 0.1) is 13.8 Å². The first-order valence-electron chi connectivity index (χ1n) is 7.64. The molecular weight excluding hydrogens is 314 g/mol. The SMILES string of the molecule is Cc1cc2c(c(C)c1Cl)CN(Cc1ccc3c(c1)OCO3)CO2. The molecule has 2 aromatic carbocycles. The number of benzene rings is 2. The summed E-state index contributed by atoms with van der Waals surface area (Å²) in [6.45, 7) is 6.56. The molecule has 0 amide bonds. The highest BCUT2D eigenvalue weighted by atomic mass is 35.5. The molecule has 4 rings (SSSR count). The molecule has 120 valence electrons. The van der Waals surface area contributed by atoms with Crippen LogP contribution in [0.4, 0.5) is 0 Å². The molecule has 4 nitrogen and oxygen atoms in total. The Kier molecular flexibility index (Phi) is 3.58. The van der Waals surface area contributed by atoms with Gasteiger partial charge < -0.3 is 14.2 Å². The van der Waals surface area contributed by atoms with Crippen LogP contribution in [0.25, 0.3) is 0 Å². The molecule has 2 heterocycles. The standard InChI is InChI=1S/C18H18ClNO3/c1-11-5-16-14(12(2)18(11)19)8-20(9-21-16)7-13-3-4-15-17(6-13)23-10-22-15/h3-6H,7-10H2,1-2H3. The van der Waals surface area contributed by atoms with E-state index in [0.717, 1.165) is 46.5 Å². The summed E-state index contributed by atoms with van der Waals surface area (Å²) in [5.41, 5.74) is 4.52. The maximum Gasteiger partial charge on any atom is 0.231 e. The van der Waals surface area contributed by atoms with Crippen molar-refractivity contribution in [1.82, 2.24) is 4.90 Å². The average molecular weight is 332 g/mol. The van der Waals surface area contributed by atoms with Crippen molar-refractivity contribution in [2.75, 3.05) is 13.5 Å². The molecule has 0 saturated heterocycles. The Balaban J connectivity index is 1.55. The molecule has 5 heteroatoms. The van der Waals surface area contributed by atoms with Gasteiger partial charge in [0.1, 0.15) is 12.5 Å². The Bertz CT molecular complexity index is 775. The van der Waals surface area contributed by atoms with E-state index in [1.54, 1.807) is 0 Å². The highest BCUT2D eigenvalue weighted by Gasteiger charge is 2.22. The van der Waals surface area contributed by atoms with E-state index in [9.17, 15) is 0 Å². The van der Waals surface area contributed by atoms with Crippen molar-refractivity contribution in [3.05, 3.63) is 51.5 Å². The second-order valence-electron chi connectivity index (χ2n) is 6.06. The van der Waals surface area contributed by atoms with E-state index >= 15 is 0 Å². The van der Waals surface area contributed by atoms with Crippen molar-refractivity contribution in [2.24, 2.45) is 0 Å². The molecule has 23 heavy (non-hydrogen) atoms. The minimum Gasteiger partial charge on any atom is -0.478 e. The lowest BCUT2D eigenvalue weighted by atomic mass is 10.0. The highest BCUT2D eigenvalue weighted by Crippen LogP contribution is 2.36. The lowest BCUT2D eigenvalue weighted by Gasteiger charge is -2.30. The summed E-state index contributed by atoms with van der Waals surface area (Å²) in [5.74, 6) is 2.58. The zero-order valence-corrected chi connectivity index (χ0v) is 13.9. The average Bonchev–Trinajstić information content (AvgIpc) is 3.01. The number of fused-ring (bicyclic) bond motifs is 2. The summed E-state index contributed by atoms with van der Waals surface area (Å²) in [6, 6.07) is 8.09. The predicted octanol–water partition coefficient (Wildman–Crippen LogP) is 4.04. The third-order valence-corrected chi connectivity index (χ3v) is 4.98. The van der Waals surface area contributed by atoms with Crippen LogP contribution in [0.2, 0.25) is 5.02 Å². The monoisotopic (exact) mass is 331 g/mol. The zero-order chi connectivity index (χ0) is 16.0. The zero-order valence-electron chi connectivity index (χ0n) is 13.2. The van der Waals surface area contributed by atoms with Gasteiger partial charge in [0.05, 0.1) is 0 Å². The Labute approximate surface area is 140 Å². The van der Waals surface area contributed by atoms with Gasteiger partial charge in [-0.25, -0.2) is 0 Å². The molecule has 0 aromatic heterocycles. The number of ether oxygens (including phenoxy) is 3. The summed E-state index contributed by atoms with van der Waals surface area (Å²) in [5, 5.41) is 0.831. The van der Waals surface area contributed by atoms with E-state index in [1.165, 1.54) is 11.1 Å². The van der Waals surface area contributed by atoms with Crippen LogP contribution in [0.1, 0.15) is 22.3 Å². The van der Waals surface area contributed by atoms with Crippen molar-refractivity contribution < 1.29 is 14.2 Å². The highest BCUT2D eigenvalue weighted by molar-refractivity contribution is 6.32. The van der Waals surface area contributed by atoms with Crippen LogP contribution in [0.3, 0.4) is 0 Å². The normalized spacial score (nSPS) is 16.1.